The average Bonchev–Trinajstić information content (AvgIpc) is 3.26. The summed E-state index contributed by atoms with van der Waals surface area (Å²) in [6, 6.07) is 12.7. The Hall–Kier alpha value is -2.38. The topological polar surface area (TPSA) is 80.7 Å². The van der Waals surface area contributed by atoms with Crippen LogP contribution in [-0.4, -0.2) is 44.0 Å². The minimum Gasteiger partial charge on any atom is -0.461 e. The number of esters is 1. The Balaban J connectivity index is 1.47. The van der Waals surface area contributed by atoms with Gasteiger partial charge in [0.25, 0.3) is 5.91 Å². The molecule has 1 fully saturated rings. The van der Waals surface area contributed by atoms with Crippen LogP contribution in [0.5, 0.6) is 0 Å². The number of carbonyl (C=O) groups excluding carboxylic acids is 2. The Bertz CT molecular complexity index is 965. The first kappa shape index (κ1) is 21.3. The predicted octanol–water partition coefficient (Wildman–Crippen LogP) is 3.48. The highest BCUT2D eigenvalue weighted by Crippen LogP contribution is 2.17. The third kappa shape index (κ3) is 5.81. The molecule has 0 saturated carbocycles. The Morgan fingerprint density at radius 3 is 2.21 bits per heavy atom. The van der Waals surface area contributed by atoms with Gasteiger partial charge in [0.15, 0.2) is 9.84 Å². The van der Waals surface area contributed by atoms with Gasteiger partial charge in [-0.25, -0.2) is 8.42 Å². The van der Waals surface area contributed by atoms with Crippen LogP contribution in [0.15, 0.2) is 53.4 Å². The standard InChI is InChI=1S/C21H22ClNO5S/c22-18-7-9-19(10-8-18)29(26,27)14-11-20(24)28-15-16-3-5-17(6-4-16)21(25)23-12-1-2-13-23/h3-10H,1-2,11-15H2. The molecule has 1 aliphatic heterocycles. The lowest BCUT2D eigenvalue weighted by Gasteiger charge is -2.15. The first-order valence-corrected chi connectivity index (χ1v) is 11.4. The van der Waals surface area contributed by atoms with Crippen LogP contribution in [0, 0.1) is 0 Å². The zero-order valence-electron chi connectivity index (χ0n) is 15.8. The highest BCUT2D eigenvalue weighted by atomic mass is 35.5. The summed E-state index contributed by atoms with van der Waals surface area (Å²) >= 11 is 5.76. The van der Waals surface area contributed by atoms with Crippen LogP contribution >= 0.6 is 11.6 Å². The van der Waals surface area contributed by atoms with E-state index >= 15 is 0 Å². The molecular formula is C21H22ClNO5S. The number of hydrogen-bond donors (Lipinski definition) is 0. The molecule has 1 amide bonds. The number of sulfone groups is 1. The van der Waals surface area contributed by atoms with Crippen molar-refractivity contribution in [2.24, 2.45) is 0 Å². The summed E-state index contributed by atoms with van der Waals surface area (Å²) in [7, 11) is -3.58. The molecule has 0 radical (unpaired) electrons. The van der Waals surface area contributed by atoms with Gasteiger partial charge in [-0.2, -0.15) is 0 Å². The van der Waals surface area contributed by atoms with Crippen molar-refractivity contribution in [2.45, 2.75) is 30.8 Å². The van der Waals surface area contributed by atoms with Crippen LogP contribution in [0.4, 0.5) is 0 Å². The molecule has 8 heteroatoms. The van der Waals surface area contributed by atoms with E-state index in [1.54, 1.807) is 24.3 Å². The van der Waals surface area contributed by atoms with Gasteiger partial charge in [0.1, 0.15) is 6.61 Å². The first-order valence-electron chi connectivity index (χ1n) is 9.37. The van der Waals surface area contributed by atoms with Gasteiger partial charge in [0, 0.05) is 23.7 Å². The van der Waals surface area contributed by atoms with Crippen LogP contribution in [0.25, 0.3) is 0 Å². The molecule has 2 aromatic carbocycles. The Morgan fingerprint density at radius 2 is 1.59 bits per heavy atom. The van der Waals surface area contributed by atoms with E-state index in [4.69, 9.17) is 16.3 Å². The molecule has 0 aliphatic carbocycles. The van der Waals surface area contributed by atoms with Crippen LogP contribution in [0.2, 0.25) is 5.02 Å². The number of hydrogen-bond acceptors (Lipinski definition) is 5. The summed E-state index contributed by atoms with van der Waals surface area (Å²) in [4.78, 5) is 26.2. The average molecular weight is 436 g/mol. The maximum absolute atomic E-state index is 12.3. The molecule has 1 heterocycles. The Labute approximate surface area is 175 Å². The minimum atomic E-state index is -3.58. The fourth-order valence-electron chi connectivity index (χ4n) is 3.06. The van der Waals surface area contributed by atoms with Crippen molar-refractivity contribution in [3.05, 3.63) is 64.7 Å². The van der Waals surface area contributed by atoms with Crippen LogP contribution in [0.3, 0.4) is 0 Å². The molecule has 154 valence electrons. The van der Waals surface area contributed by atoms with E-state index < -0.39 is 15.8 Å². The van der Waals surface area contributed by atoms with Gasteiger partial charge in [0.05, 0.1) is 17.1 Å². The molecule has 3 rings (SSSR count). The van der Waals surface area contributed by atoms with Gasteiger partial charge in [-0.15, -0.1) is 0 Å². The quantitative estimate of drug-likeness (QED) is 0.622. The highest BCUT2D eigenvalue weighted by molar-refractivity contribution is 7.91. The number of nitrogens with zero attached hydrogens (tertiary/aromatic N) is 1. The fourth-order valence-corrected chi connectivity index (χ4v) is 4.41. The molecule has 0 aromatic heterocycles. The predicted molar refractivity (Wildman–Crippen MR) is 109 cm³/mol. The third-order valence-electron chi connectivity index (χ3n) is 4.74. The van der Waals surface area contributed by atoms with E-state index in [2.05, 4.69) is 0 Å². The van der Waals surface area contributed by atoms with Crippen LogP contribution < -0.4 is 0 Å². The second kappa shape index (κ2) is 9.41. The highest BCUT2D eigenvalue weighted by Gasteiger charge is 2.19. The number of ether oxygens (including phenoxy) is 1. The summed E-state index contributed by atoms with van der Waals surface area (Å²) in [6.07, 6.45) is 1.83. The lowest BCUT2D eigenvalue weighted by atomic mass is 10.1. The molecule has 1 aliphatic rings. The molecule has 2 aromatic rings. The number of likely N-dealkylation sites (tertiary alicyclic amines) is 1. The molecule has 0 N–H and O–H groups in total. The summed E-state index contributed by atoms with van der Waals surface area (Å²) in [6.45, 7) is 1.60. The molecule has 0 atom stereocenters. The van der Waals surface area contributed by atoms with E-state index in [0.717, 1.165) is 31.5 Å². The summed E-state index contributed by atoms with van der Waals surface area (Å²) in [5.41, 5.74) is 1.34. The zero-order chi connectivity index (χ0) is 20.9. The zero-order valence-corrected chi connectivity index (χ0v) is 17.4. The van der Waals surface area contributed by atoms with Crippen molar-refractivity contribution < 1.29 is 22.7 Å². The molecule has 6 nitrogen and oxygen atoms in total. The maximum atomic E-state index is 12.3. The van der Waals surface area contributed by atoms with E-state index in [1.807, 2.05) is 4.90 Å². The van der Waals surface area contributed by atoms with Gasteiger partial charge in [-0.1, -0.05) is 23.7 Å². The number of carbonyl (C=O) groups is 2. The lowest BCUT2D eigenvalue weighted by molar-refractivity contribution is -0.144. The molecule has 1 saturated heterocycles. The first-order chi connectivity index (χ1) is 13.8. The van der Waals surface area contributed by atoms with E-state index in [1.165, 1.54) is 24.3 Å². The van der Waals surface area contributed by atoms with Gasteiger partial charge in [-0.3, -0.25) is 9.59 Å². The smallest absolute Gasteiger partial charge is 0.307 e. The minimum absolute atomic E-state index is 0.0125. The van der Waals surface area contributed by atoms with Gasteiger partial charge >= 0.3 is 5.97 Å². The number of rotatable bonds is 7. The van der Waals surface area contributed by atoms with E-state index in [9.17, 15) is 18.0 Å². The number of halogens is 1. The Morgan fingerprint density at radius 1 is 0.966 bits per heavy atom. The lowest BCUT2D eigenvalue weighted by Crippen LogP contribution is -2.27. The fraction of sp³-hybridized carbons (Fsp3) is 0.333. The summed E-state index contributed by atoms with van der Waals surface area (Å²) in [5, 5.41) is 0.441. The molecule has 0 unspecified atom stereocenters. The van der Waals surface area contributed by atoms with Gasteiger partial charge in [0.2, 0.25) is 0 Å². The molecule has 29 heavy (non-hydrogen) atoms. The normalized spacial score (nSPS) is 14.0. The number of amides is 1. The second-order valence-electron chi connectivity index (χ2n) is 6.88. The molecule has 0 spiro atoms. The van der Waals surface area contributed by atoms with Crippen LogP contribution in [-0.2, 0) is 26.0 Å². The Kier molecular flexibility index (Phi) is 6.92. The van der Waals surface area contributed by atoms with Crippen molar-refractivity contribution in [3.63, 3.8) is 0 Å². The van der Waals surface area contributed by atoms with E-state index in [0.29, 0.717) is 10.6 Å². The molecular weight excluding hydrogens is 414 g/mol. The maximum Gasteiger partial charge on any atom is 0.307 e. The SMILES string of the molecule is O=C(CCS(=O)(=O)c1ccc(Cl)cc1)OCc1ccc(C(=O)N2CCCC2)cc1. The van der Waals surface area contributed by atoms with E-state index in [-0.39, 0.29) is 29.6 Å². The summed E-state index contributed by atoms with van der Waals surface area (Å²) < 4.78 is 29.7. The second-order valence-corrected chi connectivity index (χ2v) is 9.43. The number of benzene rings is 2. The third-order valence-corrected chi connectivity index (χ3v) is 6.73. The van der Waals surface area contributed by atoms with Crippen molar-refractivity contribution >= 4 is 33.3 Å². The van der Waals surface area contributed by atoms with Gasteiger partial charge in [-0.05, 0) is 54.8 Å². The van der Waals surface area contributed by atoms with Crippen molar-refractivity contribution in [1.82, 2.24) is 4.90 Å². The van der Waals surface area contributed by atoms with Crippen LogP contribution in [0.1, 0.15) is 35.2 Å². The summed E-state index contributed by atoms with van der Waals surface area (Å²) in [5.74, 6) is -0.922. The van der Waals surface area contributed by atoms with Gasteiger partial charge < -0.3 is 9.64 Å². The molecule has 0 bridgehead atoms. The van der Waals surface area contributed by atoms with Crippen molar-refractivity contribution in [1.29, 1.82) is 0 Å². The largest absolute Gasteiger partial charge is 0.461 e. The van der Waals surface area contributed by atoms with Crippen molar-refractivity contribution in [2.75, 3.05) is 18.8 Å². The van der Waals surface area contributed by atoms with Crippen molar-refractivity contribution in [3.8, 4) is 0 Å². The monoisotopic (exact) mass is 435 g/mol.